The van der Waals surface area contributed by atoms with E-state index in [4.69, 9.17) is 9.47 Å². The van der Waals surface area contributed by atoms with Crippen LogP contribution in [0.25, 0.3) is 11.3 Å². The fraction of sp³-hybridized carbons (Fsp3) is 0.292. The maximum atomic E-state index is 15.0. The molecule has 0 unspecified atom stereocenters. The largest absolute Gasteiger partial charge is 0.497 e. The predicted molar refractivity (Wildman–Crippen MR) is 125 cm³/mol. The number of carbonyl (C=O) groups excluding carboxylic acids is 2. The van der Waals surface area contributed by atoms with Crippen molar-refractivity contribution < 1.29 is 23.5 Å². The average molecular weight is 470 g/mol. The lowest BCUT2D eigenvalue weighted by molar-refractivity contribution is -0.115. The van der Waals surface area contributed by atoms with Gasteiger partial charge in [0.15, 0.2) is 5.13 Å². The highest BCUT2D eigenvalue weighted by Crippen LogP contribution is 2.39. The number of benzene rings is 2. The van der Waals surface area contributed by atoms with E-state index in [1.165, 1.54) is 24.3 Å². The molecule has 2 amide bonds. The third kappa shape index (κ3) is 5.31. The van der Waals surface area contributed by atoms with Crippen molar-refractivity contribution in [2.24, 2.45) is 0 Å². The second-order valence-electron chi connectivity index (χ2n) is 7.86. The number of rotatable bonds is 6. The molecule has 1 aliphatic heterocycles. The fourth-order valence-corrected chi connectivity index (χ4v) is 4.33. The van der Waals surface area contributed by atoms with Gasteiger partial charge in [-0.1, -0.05) is 12.1 Å². The molecule has 0 radical (unpaired) electrons. The first-order valence-corrected chi connectivity index (χ1v) is 11.4. The standard InChI is InChI=1S/C24H24FN3O4S/c1-24(25)9-4-10-32-20-8-7-16(12-18(20)24)22(30)26-13-21(29)28-23-27-19(14-33-23)15-5-3-6-17(11-15)31-2/h3,5-8,11-12,14H,4,9-10,13H2,1-2H3,(H,26,30)(H,27,28,29)/t24-/m0/s1. The molecule has 1 aromatic heterocycles. The molecule has 0 spiro atoms. The van der Waals surface area contributed by atoms with Crippen LogP contribution >= 0.6 is 11.3 Å². The van der Waals surface area contributed by atoms with Gasteiger partial charge in [0.05, 0.1) is 26.0 Å². The number of anilines is 1. The lowest BCUT2D eigenvalue weighted by atomic mass is 9.91. The molecule has 33 heavy (non-hydrogen) atoms. The average Bonchev–Trinajstić information content (AvgIpc) is 3.22. The Morgan fingerprint density at radius 2 is 2.12 bits per heavy atom. The monoisotopic (exact) mass is 469 g/mol. The predicted octanol–water partition coefficient (Wildman–Crippen LogP) is 4.54. The molecular formula is C24H24FN3O4S. The van der Waals surface area contributed by atoms with Gasteiger partial charge >= 0.3 is 0 Å². The molecule has 3 aromatic rings. The fourth-order valence-electron chi connectivity index (χ4n) is 3.60. The summed E-state index contributed by atoms with van der Waals surface area (Å²) in [6.45, 7) is 1.69. The molecule has 0 saturated heterocycles. The first-order valence-electron chi connectivity index (χ1n) is 10.5. The van der Waals surface area contributed by atoms with Gasteiger partial charge in [-0.25, -0.2) is 9.37 Å². The molecule has 172 valence electrons. The van der Waals surface area contributed by atoms with Gasteiger partial charge in [-0.05, 0) is 50.1 Å². The number of hydrogen-bond acceptors (Lipinski definition) is 6. The van der Waals surface area contributed by atoms with Gasteiger partial charge in [0.25, 0.3) is 5.91 Å². The Morgan fingerprint density at radius 1 is 1.27 bits per heavy atom. The topological polar surface area (TPSA) is 89.6 Å². The summed E-state index contributed by atoms with van der Waals surface area (Å²) in [5.74, 6) is 0.279. The molecule has 7 nitrogen and oxygen atoms in total. The van der Waals surface area contributed by atoms with Crippen molar-refractivity contribution in [1.29, 1.82) is 0 Å². The Kier molecular flexibility index (Phi) is 6.60. The van der Waals surface area contributed by atoms with Crippen LogP contribution in [0.4, 0.5) is 9.52 Å². The summed E-state index contributed by atoms with van der Waals surface area (Å²) in [4.78, 5) is 29.3. The van der Waals surface area contributed by atoms with Crippen molar-refractivity contribution in [1.82, 2.24) is 10.3 Å². The normalized spacial score (nSPS) is 17.3. The Labute approximate surface area is 194 Å². The molecule has 0 bridgehead atoms. The number of hydrogen-bond donors (Lipinski definition) is 2. The summed E-state index contributed by atoms with van der Waals surface area (Å²) in [6, 6.07) is 12.1. The summed E-state index contributed by atoms with van der Waals surface area (Å²) < 4.78 is 25.8. The Balaban J connectivity index is 1.36. The van der Waals surface area contributed by atoms with Gasteiger partial charge in [-0.2, -0.15) is 0 Å². The molecule has 2 N–H and O–H groups in total. The molecule has 1 aliphatic rings. The SMILES string of the molecule is COc1cccc(-c2csc(NC(=O)CNC(=O)c3ccc4c(c3)[C@@](C)(F)CCCO4)n2)c1. The number of aromatic nitrogens is 1. The van der Waals surface area contributed by atoms with Crippen molar-refractivity contribution in [3.05, 3.63) is 59.0 Å². The van der Waals surface area contributed by atoms with Gasteiger partial charge in [0, 0.05) is 22.1 Å². The molecule has 0 saturated carbocycles. The Bertz CT molecular complexity index is 1180. The molecule has 1 atom stereocenters. The van der Waals surface area contributed by atoms with E-state index in [0.717, 1.165) is 5.56 Å². The zero-order chi connectivity index (χ0) is 23.4. The van der Waals surface area contributed by atoms with E-state index in [9.17, 15) is 9.59 Å². The molecule has 2 aromatic carbocycles. The van der Waals surface area contributed by atoms with Crippen molar-refractivity contribution in [3.8, 4) is 22.8 Å². The van der Waals surface area contributed by atoms with E-state index < -0.39 is 17.5 Å². The van der Waals surface area contributed by atoms with Crippen LogP contribution in [0, 0.1) is 0 Å². The lowest BCUT2D eigenvalue weighted by Crippen LogP contribution is -2.33. The number of ether oxygens (including phenoxy) is 2. The van der Waals surface area contributed by atoms with Crippen LogP contribution in [0.3, 0.4) is 0 Å². The summed E-state index contributed by atoms with van der Waals surface area (Å²) >= 11 is 1.28. The summed E-state index contributed by atoms with van der Waals surface area (Å²) in [7, 11) is 1.59. The van der Waals surface area contributed by atoms with Crippen LogP contribution in [0.15, 0.2) is 47.8 Å². The van der Waals surface area contributed by atoms with Crippen LogP contribution in [-0.4, -0.2) is 37.1 Å². The van der Waals surface area contributed by atoms with E-state index in [0.29, 0.717) is 47.3 Å². The number of carbonyl (C=O) groups is 2. The maximum absolute atomic E-state index is 15.0. The highest BCUT2D eigenvalue weighted by molar-refractivity contribution is 7.14. The summed E-state index contributed by atoms with van der Waals surface area (Å²) in [5.41, 5.74) is 0.617. The third-order valence-electron chi connectivity index (χ3n) is 5.38. The third-order valence-corrected chi connectivity index (χ3v) is 6.13. The number of nitrogens with zero attached hydrogens (tertiary/aromatic N) is 1. The molecular weight excluding hydrogens is 445 g/mol. The van der Waals surface area contributed by atoms with E-state index in [1.54, 1.807) is 19.2 Å². The van der Waals surface area contributed by atoms with Crippen LogP contribution in [0.2, 0.25) is 0 Å². The highest BCUT2D eigenvalue weighted by atomic mass is 32.1. The number of fused-ring (bicyclic) bond motifs is 1. The quantitative estimate of drug-likeness (QED) is 0.553. The van der Waals surface area contributed by atoms with Gasteiger partial charge in [-0.15, -0.1) is 11.3 Å². The van der Waals surface area contributed by atoms with E-state index in [2.05, 4.69) is 15.6 Å². The second-order valence-corrected chi connectivity index (χ2v) is 8.72. The summed E-state index contributed by atoms with van der Waals surface area (Å²) in [6.07, 6.45) is 0.915. The number of methoxy groups -OCH3 is 1. The minimum Gasteiger partial charge on any atom is -0.497 e. The molecule has 4 rings (SSSR count). The van der Waals surface area contributed by atoms with E-state index in [1.807, 2.05) is 29.6 Å². The van der Waals surface area contributed by atoms with Crippen LogP contribution in [-0.2, 0) is 10.5 Å². The van der Waals surface area contributed by atoms with Crippen molar-refractivity contribution in [2.45, 2.75) is 25.4 Å². The van der Waals surface area contributed by atoms with Gasteiger partial charge < -0.3 is 20.1 Å². The van der Waals surface area contributed by atoms with Crippen LogP contribution < -0.4 is 20.1 Å². The smallest absolute Gasteiger partial charge is 0.251 e. The van der Waals surface area contributed by atoms with Crippen LogP contribution in [0.5, 0.6) is 11.5 Å². The molecule has 9 heteroatoms. The zero-order valence-corrected chi connectivity index (χ0v) is 19.1. The first kappa shape index (κ1) is 22.7. The second kappa shape index (κ2) is 9.58. The van der Waals surface area contributed by atoms with Crippen molar-refractivity contribution in [2.75, 3.05) is 25.6 Å². The number of thiazole rings is 1. The zero-order valence-electron chi connectivity index (χ0n) is 18.3. The van der Waals surface area contributed by atoms with Crippen LogP contribution in [0.1, 0.15) is 35.7 Å². The number of amides is 2. The van der Waals surface area contributed by atoms with E-state index in [-0.39, 0.29) is 12.1 Å². The summed E-state index contributed by atoms with van der Waals surface area (Å²) in [5, 5.41) is 7.50. The van der Waals surface area contributed by atoms with Crippen molar-refractivity contribution in [3.63, 3.8) is 0 Å². The first-order chi connectivity index (χ1) is 15.9. The highest BCUT2D eigenvalue weighted by Gasteiger charge is 2.32. The Hall–Kier alpha value is -3.46. The molecule has 0 aliphatic carbocycles. The van der Waals surface area contributed by atoms with Gasteiger partial charge in [0.2, 0.25) is 5.91 Å². The number of nitrogens with one attached hydrogen (secondary N) is 2. The lowest BCUT2D eigenvalue weighted by Gasteiger charge is -2.20. The van der Waals surface area contributed by atoms with Crippen molar-refractivity contribution >= 4 is 28.3 Å². The van der Waals surface area contributed by atoms with Gasteiger partial charge in [0.1, 0.15) is 17.2 Å². The minimum absolute atomic E-state index is 0.243. The molecule has 2 heterocycles. The van der Waals surface area contributed by atoms with E-state index >= 15 is 4.39 Å². The maximum Gasteiger partial charge on any atom is 0.251 e. The Morgan fingerprint density at radius 3 is 2.94 bits per heavy atom. The molecule has 0 fully saturated rings. The van der Waals surface area contributed by atoms with Gasteiger partial charge in [-0.3, -0.25) is 9.59 Å². The number of halogens is 1. The minimum atomic E-state index is -1.58. The number of alkyl halides is 1.